The van der Waals surface area contributed by atoms with Gasteiger partial charge in [-0.05, 0) is 18.8 Å². The van der Waals surface area contributed by atoms with E-state index in [-0.39, 0.29) is 11.8 Å². The van der Waals surface area contributed by atoms with Crippen LogP contribution in [0.3, 0.4) is 0 Å². The summed E-state index contributed by atoms with van der Waals surface area (Å²) in [4.78, 5) is 0. The van der Waals surface area contributed by atoms with Crippen molar-refractivity contribution in [1.29, 1.82) is 0 Å². The van der Waals surface area contributed by atoms with E-state index in [1.54, 1.807) is 0 Å². The van der Waals surface area contributed by atoms with Crippen LogP contribution in [0.1, 0.15) is 44.9 Å². The van der Waals surface area contributed by atoms with E-state index in [1.807, 2.05) is 0 Å². The molecule has 1 saturated carbocycles. The predicted molar refractivity (Wildman–Crippen MR) is 63.5 cm³/mol. The van der Waals surface area contributed by atoms with Crippen LogP contribution in [0.15, 0.2) is 0 Å². The van der Waals surface area contributed by atoms with E-state index in [2.05, 4.69) is 0 Å². The average molecular weight is 233 g/mol. The molecule has 1 atom stereocenters. The van der Waals surface area contributed by atoms with Crippen LogP contribution in [0.4, 0.5) is 0 Å². The van der Waals surface area contributed by atoms with E-state index in [4.69, 9.17) is 5.73 Å². The summed E-state index contributed by atoms with van der Waals surface area (Å²) in [6.45, 7) is 0. The third kappa shape index (κ3) is 6.15. The van der Waals surface area contributed by atoms with Crippen molar-refractivity contribution in [2.24, 2.45) is 11.7 Å². The van der Waals surface area contributed by atoms with Crippen molar-refractivity contribution in [3.05, 3.63) is 0 Å². The molecule has 2 N–H and O–H groups in total. The summed E-state index contributed by atoms with van der Waals surface area (Å²) >= 11 is 0. The molecule has 1 fully saturated rings. The van der Waals surface area contributed by atoms with E-state index in [0.717, 1.165) is 12.3 Å². The fourth-order valence-electron chi connectivity index (χ4n) is 2.33. The highest BCUT2D eigenvalue weighted by atomic mass is 32.2. The van der Waals surface area contributed by atoms with Gasteiger partial charge >= 0.3 is 0 Å². The molecule has 15 heavy (non-hydrogen) atoms. The molecule has 0 amide bonds. The maximum absolute atomic E-state index is 11.0. The average Bonchev–Trinajstić information content (AvgIpc) is 2.15. The van der Waals surface area contributed by atoms with E-state index in [1.165, 1.54) is 38.4 Å². The molecule has 3 nitrogen and oxygen atoms in total. The second-order valence-corrected chi connectivity index (χ2v) is 7.18. The van der Waals surface area contributed by atoms with Crippen LogP contribution in [0.2, 0.25) is 0 Å². The van der Waals surface area contributed by atoms with E-state index in [9.17, 15) is 8.42 Å². The Hall–Kier alpha value is -0.0900. The fraction of sp³-hybridized carbons (Fsp3) is 1.00. The lowest BCUT2D eigenvalue weighted by molar-refractivity contribution is 0.315. The highest BCUT2D eigenvalue weighted by Gasteiger charge is 2.17. The molecule has 1 unspecified atom stereocenters. The first kappa shape index (κ1) is 13.0. The second kappa shape index (κ2) is 5.85. The van der Waals surface area contributed by atoms with Gasteiger partial charge in [0.1, 0.15) is 9.84 Å². The maximum atomic E-state index is 11.0. The summed E-state index contributed by atoms with van der Waals surface area (Å²) in [5, 5.41) is 0. The molecule has 0 aliphatic heterocycles. The van der Waals surface area contributed by atoms with Gasteiger partial charge in [-0.2, -0.15) is 0 Å². The van der Waals surface area contributed by atoms with Gasteiger partial charge in [0.2, 0.25) is 0 Å². The van der Waals surface area contributed by atoms with Gasteiger partial charge in [-0.15, -0.1) is 0 Å². The number of sulfone groups is 1. The Kier molecular flexibility index (Phi) is 5.06. The Morgan fingerprint density at radius 1 is 1.27 bits per heavy atom. The predicted octanol–water partition coefficient (Wildman–Crippen LogP) is 1.72. The van der Waals surface area contributed by atoms with Crippen molar-refractivity contribution >= 4 is 9.84 Å². The van der Waals surface area contributed by atoms with Crippen LogP contribution in [0, 0.1) is 5.92 Å². The first-order valence-electron chi connectivity index (χ1n) is 5.90. The van der Waals surface area contributed by atoms with E-state index >= 15 is 0 Å². The molecule has 0 aromatic rings. The SMILES string of the molecule is CS(=O)(=O)CCC(N)CC1CCCCC1. The Morgan fingerprint density at radius 2 is 1.87 bits per heavy atom. The minimum atomic E-state index is -2.84. The molecule has 0 aromatic heterocycles. The van der Waals surface area contributed by atoms with Crippen LogP contribution >= 0.6 is 0 Å². The van der Waals surface area contributed by atoms with Crippen LogP contribution in [-0.4, -0.2) is 26.5 Å². The summed E-state index contributed by atoms with van der Waals surface area (Å²) < 4.78 is 21.9. The van der Waals surface area contributed by atoms with Crippen molar-refractivity contribution in [3.8, 4) is 0 Å². The molecule has 1 rings (SSSR count). The molecule has 1 aliphatic rings. The monoisotopic (exact) mass is 233 g/mol. The largest absolute Gasteiger partial charge is 0.328 e. The van der Waals surface area contributed by atoms with Gasteiger partial charge in [0, 0.05) is 12.3 Å². The number of hydrogen-bond acceptors (Lipinski definition) is 3. The molecule has 0 radical (unpaired) electrons. The quantitative estimate of drug-likeness (QED) is 0.786. The minimum absolute atomic E-state index is 0.0721. The van der Waals surface area contributed by atoms with Crippen molar-refractivity contribution in [3.63, 3.8) is 0 Å². The second-order valence-electron chi connectivity index (χ2n) is 4.92. The van der Waals surface area contributed by atoms with Gasteiger partial charge in [0.25, 0.3) is 0 Å². The van der Waals surface area contributed by atoms with E-state index < -0.39 is 9.84 Å². The molecule has 0 spiro atoms. The number of hydrogen-bond donors (Lipinski definition) is 1. The smallest absolute Gasteiger partial charge is 0.147 e. The van der Waals surface area contributed by atoms with Gasteiger partial charge in [0.15, 0.2) is 0 Å². The summed E-state index contributed by atoms with van der Waals surface area (Å²) in [5.74, 6) is 0.981. The summed E-state index contributed by atoms with van der Waals surface area (Å²) in [6, 6.07) is 0.0721. The van der Waals surface area contributed by atoms with Crippen LogP contribution in [0.5, 0.6) is 0 Å². The Balaban J connectivity index is 2.20. The molecular weight excluding hydrogens is 210 g/mol. The third-order valence-electron chi connectivity index (χ3n) is 3.22. The Bertz CT molecular complexity index is 268. The molecule has 1 aliphatic carbocycles. The summed E-state index contributed by atoms with van der Waals surface area (Å²) in [7, 11) is -2.84. The van der Waals surface area contributed by atoms with Gasteiger partial charge in [0.05, 0.1) is 5.75 Å². The zero-order chi connectivity index (χ0) is 11.3. The zero-order valence-electron chi connectivity index (χ0n) is 9.61. The molecular formula is C11H23NO2S. The lowest BCUT2D eigenvalue weighted by Gasteiger charge is -2.24. The maximum Gasteiger partial charge on any atom is 0.147 e. The molecule has 90 valence electrons. The third-order valence-corrected chi connectivity index (χ3v) is 4.20. The lowest BCUT2D eigenvalue weighted by Crippen LogP contribution is -2.27. The minimum Gasteiger partial charge on any atom is -0.328 e. The number of rotatable bonds is 5. The normalized spacial score (nSPS) is 21.5. The first-order valence-corrected chi connectivity index (χ1v) is 7.97. The topological polar surface area (TPSA) is 60.2 Å². The highest BCUT2D eigenvalue weighted by Crippen LogP contribution is 2.27. The molecule has 4 heteroatoms. The molecule has 0 heterocycles. The zero-order valence-corrected chi connectivity index (χ0v) is 10.4. The van der Waals surface area contributed by atoms with Crippen LogP contribution in [-0.2, 0) is 9.84 Å². The molecule has 0 aromatic carbocycles. The van der Waals surface area contributed by atoms with Crippen molar-refractivity contribution < 1.29 is 8.42 Å². The van der Waals surface area contributed by atoms with Crippen molar-refractivity contribution in [2.45, 2.75) is 51.0 Å². The molecule has 0 saturated heterocycles. The van der Waals surface area contributed by atoms with Crippen LogP contribution < -0.4 is 5.73 Å². The number of nitrogens with two attached hydrogens (primary N) is 1. The van der Waals surface area contributed by atoms with E-state index in [0.29, 0.717) is 6.42 Å². The fourth-order valence-corrected chi connectivity index (χ4v) is 3.07. The lowest BCUT2D eigenvalue weighted by atomic mass is 9.84. The van der Waals surface area contributed by atoms with Crippen LogP contribution in [0.25, 0.3) is 0 Å². The standard InChI is InChI=1S/C11H23NO2S/c1-15(13,14)8-7-11(12)9-10-5-3-2-4-6-10/h10-11H,2-9,12H2,1H3. The van der Waals surface area contributed by atoms with Gasteiger partial charge in [-0.25, -0.2) is 8.42 Å². The van der Waals surface area contributed by atoms with Crippen molar-refractivity contribution in [1.82, 2.24) is 0 Å². The Labute approximate surface area is 93.3 Å². The summed E-state index contributed by atoms with van der Waals surface area (Å²) in [5.41, 5.74) is 5.95. The molecule has 0 bridgehead atoms. The Morgan fingerprint density at radius 3 is 2.40 bits per heavy atom. The highest BCUT2D eigenvalue weighted by molar-refractivity contribution is 7.90. The van der Waals surface area contributed by atoms with Crippen molar-refractivity contribution in [2.75, 3.05) is 12.0 Å². The van der Waals surface area contributed by atoms with Gasteiger partial charge < -0.3 is 5.73 Å². The van der Waals surface area contributed by atoms with Gasteiger partial charge in [-0.3, -0.25) is 0 Å². The summed E-state index contributed by atoms with van der Waals surface area (Å²) in [6.07, 6.45) is 9.48. The van der Waals surface area contributed by atoms with Gasteiger partial charge in [-0.1, -0.05) is 32.1 Å². The first-order chi connectivity index (χ1) is 6.97.